The summed E-state index contributed by atoms with van der Waals surface area (Å²) in [6.07, 6.45) is 0.174. The summed E-state index contributed by atoms with van der Waals surface area (Å²) in [7, 11) is 0. The highest BCUT2D eigenvalue weighted by Gasteiger charge is 2.08. The summed E-state index contributed by atoms with van der Waals surface area (Å²) in [6.45, 7) is 3.73. The lowest BCUT2D eigenvalue weighted by Crippen LogP contribution is -2.06. The predicted molar refractivity (Wildman–Crippen MR) is 82.9 cm³/mol. The number of aromatic nitrogens is 1. The minimum Gasteiger partial charge on any atom is -0.488 e. The van der Waals surface area contributed by atoms with Gasteiger partial charge in [0.15, 0.2) is 11.6 Å². The van der Waals surface area contributed by atoms with Gasteiger partial charge in [0, 0.05) is 11.6 Å². The third-order valence-corrected chi connectivity index (χ3v) is 3.18. The van der Waals surface area contributed by atoms with Crippen molar-refractivity contribution in [3.05, 3.63) is 60.5 Å². The second-order valence-corrected chi connectivity index (χ2v) is 5.16. The van der Waals surface area contributed by atoms with Crippen LogP contribution in [0.25, 0.3) is 22.0 Å². The van der Waals surface area contributed by atoms with Crippen molar-refractivity contribution in [1.82, 2.24) is 4.98 Å². The fourth-order valence-electron chi connectivity index (χ4n) is 2.23. The number of fused-ring (bicyclic) bond motifs is 1. The zero-order valence-electron chi connectivity index (χ0n) is 12.9. The number of hydrogen-bond acceptors (Lipinski definition) is 2. The second-order valence-electron chi connectivity index (χ2n) is 5.16. The van der Waals surface area contributed by atoms with Gasteiger partial charge in [-0.2, -0.15) is 0 Å². The summed E-state index contributed by atoms with van der Waals surface area (Å²) in [6, 6.07) is 14.1. The van der Waals surface area contributed by atoms with Crippen LogP contribution in [0.4, 0.5) is 4.39 Å². The summed E-state index contributed by atoms with van der Waals surface area (Å²) in [5.74, 6) is -0.106. The first-order valence-corrected chi connectivity index (χ1v) is 6.87. The lowest BCUT2D eigenvalue weighted by molar-refractivity contribution is 0.231. The normalized spacial score (nSPS) is 11.7. The molecule has 21 heavy (non-hydrogen) atoms. The van der Waals surface area contributed by atoms with Crippen molar-refractivity contribution in [2.45, 2.75) is 20.0 Å². The van der Waals surface area contributed by atoms with Gasteiger partial charge in [-0.05, 0) is 55.3 Å². The van der Waals surface area contributed by atoms with Gasteiger partial charge >= 0.3 is 0 Å². The minimum absolute atomic E-state index is 0.0637. The van der Waals surface area contributed by atoms with Crippen LogP contribution in [0.2, 0.25) is 0 Å². The molecule has 0 N–H and O–H groups in total. The second kappa shape index (κ2) is 5.52. The molecular weight excluding hydrogens is 265 g/mol. The molecule has 0 spiro atoms. The Kier molecular flexibility index (Phi) is 3.24. The maximum Gasteiger partial charge on any atom is 0.165 e. The molecule has 3 heteroatoms. The Morgan fingerprint density at radius 3 is 2.62 bits per heavy atom. The van der Waals surface area contributed by atoms with Gasteiger partial charge in [0.25, 0.3) is 0 Å². The van der Waals surface area contributed by atoms with Crippen molar-refractivity contribution in [2.75, 3.05) is 0 Å². The van der Waals surface area contributed by atoms with E-state index in [4.69, 9.17) is 6.11 Å². The van der Waals surface area contributed by atoms with Crippen LogP contribution < -0.4 is 4.74 Å². The van der Waals surface area contributed by atoms with Gasteiger partial charge in [-0.15, -0.1) is 0 Å². The lowest BCUT2D eigenvalue weighted by atomic mass is 10.0. The molecule has 1 aromatic heterocycles. The van der Waals surface area contributed by atoms with Crippen LogP contribution in [0.3, 0.4) is 0 Å². The third kappa shape index (κ3) is 2.87. The van der Waals surface area contributed by atoms with Gasteiger partial charge in [-0.1, -0.05) is 18.2 Å². The van der Waals surface area contributed by atoms with Crippen molar-refractivity contribution in [3.63, 3.8) is 0 Å². The number of pyridine rings is 1. The number of halogens is 1. The molecule has 3 aromatic rings. The Labute approximate surface area is 124 Å². The van der Waals surface area contributed by atoms with Gasteiger partial charge in [-0.3, -0.25) is 4.98 Å². The third-order valence-electron chi connectivity index (χ3n) is 3.18. The molecule has 0 aliphatic heterocycles. The molecule has 2 aromatic carbocycles. The van der Waals surface area contributed by atoms with Crippen molar-refractivity contribution in [1.29, 1.82) is 0 Å². The van der Waals surface area contributed by atoms with E-state index in [0.717, 1.165) is 22.0 Å². The van der Waals surface area contributed by atoms with E-state index >= 15 is 0 Å². The summed E-state index contributed by atoms with van der Waals surface area (Å²) in [4.78, 5) is 4.15. The molecule has 2 nitrogen and oxygen atoms in total. The average Bonchev–Trinajstić information content (AvgIpc) is 2.48. The molecule has 0 bridgehead atoms. The Balaban J connectivity index is 2.00. The Hall–Kier alpha value is -2.42. The molecule has 0 amide bonds. The van der Waals surface area contributed by atoms with E-state index in [1.165, 1.54) is 6.07 Å². The molecular formula is C18H16FNO. The highest BCUT2D eigenvalue weighted by Crippen LogP contribution is 2.28. The molecule has 0 aliphatic rings. The van der Waals surface area contributed by atoms with Crippen LogP contribution in [0.15, 0.2) is 54.7 Å². The molecule has 0 fully saturated rings. The van der Waals surface area contributed by atoms with Crippen LogP contribution in [-0.2, 0) is 0 Å². The van der Waals surface area contributed by atoms with Gasteiger partial charge in [-0.25, -0.2) is 4.39 Å². The van der Waals surface area contributed by atoms with Crippen LogP contribution in [0, 0.1) is 5.82 Å². The van der Waals surface area contributed by atoms with Crippen LogP contribution in [-0.4, -0.2) is 11.1 Å². The van der Waals surface area contributed by atoms with Gasteiger partial charge in [0.1, 0.15) is 0 Å². The average molecular weight is 282 g/mol. The summed E-state index contributed by atoms with van der Waals surface area (Å²) in [5.41, 5.74) is 2.45. The standard InChI is InChI=1S/C18H16FNO/c1-12(2)21-18-8-6-14(11-16(18)19)13-5-7-17-15(10-13)4-3-9-20-17/h3-12H,1-2H3/i9D. The molecule has 0 aliphatic carbocycles. The van der Waals surface area contributed by atoms with Gasteiger partial charge < -0.3 is 4.74 Å². The van der Waals surface area contributed by atoms with E-state index in [9.17, 15) is 4.39 Å². The van der Waals surface area contributed by atoms with Crippen molar-refractivity contribution in [3.8, 4) is 16.9 Å². The topological polar surface area (TPSA) is 22.1 Å². The molecule has 106 valence electrons. The zero-order valence-corrected chi connectivity index (χ0v) is 11.9. The van der Waals surface area contributed by atoms with Crippen molar-refractivity contribution in [2.24, 2.45) is 0 Å². The number of benzene rings is 2. The molecule has 1 heterocycles. The Morgan fingerprint density at radius 1 is 1.10 bits per heavy atom. The van der Waals surface area contributed by atoms with Gasteiger partial charge in [0.05, 0.1) is 13.0 Å². The first-order chi connectivity index (χ1) is 10.5. The minimum atomic E-state index is -0.370. The molecule has 0 saturated carbocycles. The fourth-order valence-corrected chi connectivity index (χ4v) is 2.23. The monoisotopic (exact) mass is 282 g/mol. The maximum absolute atomic E-state index is 14.1. The summed E-state index contributed by atoms with van der Waals surface area (Å²) in [5, 5.41) is 0.927. The van der Waals surface area contributed by atoms with Gasteiger partial charge in [0.2, 0.25) is 0 Å². The van der Waals surface area contributed by atoms with Crippen LogP contribution >= 0.6 is 0 Å². The first kappa shape index (κ1) is 12.3. The van der Waals surface area contributed by atoms with E-state index in [1.54, 1.807) is 12.1 Å². The molecule has 0 unspecified atom stereocenters. The Bertz CT molecular complexity index is 832. The lowest BCUT2D eigenvalue weighted by Gasteiger charge is -2.11. The fraction of sp³-hybridized carbons (Fsp3) is 0.167. The van der Waals surface area contributed by atoms with Crippen molar-refractivity contribution < 1.29 is 10.5 Å². The van der Waals surface area contributed by atoms with Crippen LogP contribution in [0.5, 0.6) is 5.75 Å². The molecule has 0 radical (unpaired) electrons. The quantitative estimate of drug-likeness (QED) is 0.686. The van der Waals surface area contributed by atoms with E-state index in [0.29, 0.717) is 0 Å². The number of ether oxygens (including phenoxy) is 1. The molecule has 3 rings (SSSR count). The van der Waals surface area contributed by atoms with E-state index in [1.807, 2.05) is 44.2 Å². The molecule has 0 saturated heterocycles. The largest absolute Gasteiger partial charge is 0.488 e. The first-order valence-electron chi connectivity index (χ1n) is 7.37. The highest BCUT2D eigenvalue weighted by molar-refractivity contribution is 5.84. The summed E-state index contributed by atoms with van der Waals surface area (Å²) >= 11 is 0. The number of rotatable bonds is 3. The van der Waals surface area contributed by atoms with E-state index in [2.05, 4.69) is 4.98 Å². The zero-order chi connectivity index (χ0) is 15.7. The van der Waals surface area contributed by atoms with Crippen molar-refractivity contribution >= 4 is 10.9 Å². The van der Waals surface area contributed by atoms with Crippen LogP contribution in [0.1, 0.15) is 15.2 Å². The smallest absolute Gasteiger partial charge is 0.165 e. The molecule has 0 atom stereocenters. The SMILES string of the molecule is [2H]c1ccc2cc(-c3ccc(OC(C)C)c(F)c3)ccc2n1. The number of nitrogens with zero attached hydrogens (tertiary/aromatic N) is 1. The van der Waals surface area contributed by atoms with E-state index < -0.39 is 0 Å². The highest BCUT2D eigenvalue weighted by atomic mass is 19.1. The predicted octanol–water partition coefficient (Wildman–Crippen LogP) is 4.83. The maximum atomic E-state index is 14.1. The Morgan fingerprint density at radius 2 is 1.86 bits per heavy atom. The number of hydrogen-bond donors (Lipinski definition) is 0. The summed E-state index contributed by atoms with van der Waals surface area (Å²) < 4.78 is 27.0. The van der Waals surface area contributed by atoms with E-state index in [-0.39, 0.29) is 23.8 Å².